The van der Waals surface area contributed by atoms with Crippen molar-refractivity contribution in [3.05, 3.63) is 88.2 Å². The van der Waals surface area contributed by atoms with Crippen molar-refractivity contribution in [2.75, 3.05) is 51.7 Å². The number of benzene rings is 3. The van der Waals surface area contributed by atoms with E-state index in [0.29, 0.717) is 34.1 Å². The second-order valence-corrected chi connectivity index (χ2v) is 17.4. The Morgan fingerprint density at radius 2 is 1.64 bits per heavy atom. The van der Waals surface area contributed by atoms with E-state index in [1.165, 1.54) is 26.1 Å². The summed E-state index contributed by atoms with van der Waals surface area (Å²) >= 11 is 0. The first-order valence-electron chi connectivity index (χ1n) is 22.1. The van der Waals surface area contributed by atoms with Gasteiger partial charge in [-0.25, -0.2) is 9.97 Å². The lowest BCUT2D eigenvalue weighted by Crippen LogP contribution is -2.56. The van der Waals surface area contributed by atoms with Gasteiger partial charge in [0.15, 0.2) is 5.82 Å². The van der Waals surface area contributed by atoms with Gasteiger partial charge in [0.2, 0.25) is 23.6 Å². The second kappa shape index (κ2) is 22.4. The molecule has 19 heteroatoms. The van der Waals surface area contributed by atoms with Gasteiger partial charge in [0.25, 0.3) is 5.91 Å². The maximum atomic E-state index is 14.8. The van der Waals surface area contributed by atoms with Crippen molar-refractivity contribution in [2.45, 2.75) is 84.0 Å². The first-order chi connectivity index (χ1) is 31.8. The molecule has 4 bridgehead atoms. The maximum Gasteiger partial charge on any atom is 0.255 e. The first-order valence-corrected chi connectivity index (χ1v) is 22.1. The lowest BCUT2D eigenvalue weighted by atomic mass is 9.86. The van der Waals surface area contributed by atoms with Crippen molar-refractivity contribution in [3.8, 4) is 40.1 Å². The quantitative estimate of drug-likeness (QED) is 0.0609. The Hall–Kier alpha value is -7.14. The number of fused-ring (bicyclic) bond motifs is 5. The molecule has 1 aromatic heterocycles. The molecule has 0 unspecified atom stereocenters. The standard InChI is InChI=1S/C48H62N12O7/c1-26-39(27(2)56-42(55-26)30-9-11-32(12-10-30)48(4,5)6)45(64)58-35(14-15-49)47(66)60(7)40-31-24-34(41(61)36(25-31)53-19-16-50)33-22-29(8-13-38(33)67-21-18-52)23-37(44(63)54-20-17-51)59-43(62)28(3)57-46(40)65/h8-13,22,24-25,28,35,37,40,53,61H,14-16,18-21,23,49-50,52H2,1-7H3,(H,54,63)(H,57,65)(H,58,64)(H,59,62)/t28-,35-,37-,40-/m0/s1. The van der Waals surface area contributed by atoms with Gasteiger partial charge in [-0.15, -0.1) is 0 Å². The molecule has 19 nitrogen and oxygen atoms in total. The van der Waals surface area contributed by atoms with Crippen LogP contribution in [0.3, 0.4) is 0 Å². The summed E-state index contributed by atoms with van der Waals surface area (Å²) in [6.07, 6.45) is -0.0886. The van der Waals surface area contributed by atoms with Gasteiger partial charge in [0.05, 0.1) is 28.7 Å². The van der Waals surface area contributed by atoms with Crippen LogP contribution in [0.1, 0.15) is 78.6 Å². The van der Waals surface area contributed by atoms with Crippen LogP contribution in [0.4, 0.5) is 5.69 Å². The van der Waals surface area contributed by atoms with Crippen molar-refractivity contribution in [3.63, 3.8) is 0 Å². The molecule has 356 valence electrons. The van der Waals surface area contributed by atoms with Gasteiger partial charge >= 0.3 is 0 Å². The number of nitrogens with two attached hydrogens (primary N) is 3. The molecule has 1 aliphatic rings. The fraction of sp³-hybridized carbons (Fsp3) is 0.417. The third-order valence-electron chi connectivity index (χ3n) is 11.3. The predicted octanol–water partition coefficient (Wildman–Crippen LogP) is 1.97. The van der Waals surface area contributed by atoms with E-state index < -0.39 is 53.7 Å². The number of phenolic OH excluding ortho intramolecular Hbond substituents is 1. The summed E-state index contributed by atoms with van der Waals surface area (Å²) in [7, 11) is 1.38. The minimum atomic E-state index is -1.51. The minimum absolute atomic E-state index is 0.0297. The van der Waals surface area contributed by atoms with E-state index in [1.807, 2.05) is 30.3 Å². The summed E-state index contributed by atoms with van der Waals surface area (Å²) in [5.41, 5.74) is 21.9. The van der Waals surface area contributed by atoms with E-state index in [0.717, 1.165) is 16.0 Å². The van der Waals surface area contributed by atoms with Gasteiger partial charge in [-0.05, 0) is 80.1 Å². The Morgan fingerprint density at radius 3 is 2.25 bits per heavy atom. The average Bonchev–Trinajstić information content (AvgIpc) is 3.28. The van der Waals surface area contributed by atoms with Gasteiger partial charge in [0.1, 0.15) is 48.8 Å². The Kier molecular flexibility index (Phi) is 17.0. The van der Waals surface area contributed by atoms with E-state index >= 15 is 0 Å². The Bertz CT molecular complexity index is 2500. The number of carbonyl (C=O) groups is 5. The number of aryl methyl sites for hydroxylation is 2. The number of phenols is 1. The zero-order valence-electron chi connectivity index (χ0n) is 39.1. The molecule has 0 spiro atoms. The van der Waals surface area contributed by atoms with E-state index in [-0.39, 0.29) is 85.7 Å². The van der Waals surface area contributed by atoms with E-state index in [4.69, 9.17) is 27.2 Å². The topological polar surface area (TPSA) is 306 Å². The molecule has 2 heterocycles. The lowest BCUT2D eigenvalue weighted by molar-refractivity contribution is -0.141. The highest BCUT2D eigenvalue weighted by molar-refractivity contribution is 6.01. The third-order valence-corrected chi connectivity index (χ3v) is 11.3. The van der Waals surface area contributed by atoms with Crippen molar-refractivity contribution in [1.29, 1.82) is 5.26 Å². The fourth-order valence-corrected chi connectivity index (χ4v) is 7.79. The zero-order chi connectivity index (χ0) is 49.2. The lowest BCUT2D eigenvalue weighted by Gasteiger charge is -2.33. The molecule has 0 saturated carbocycles. The number of aromatic hydroxyl groups is 1. The summed E-state index contributed by atoms with van der Waals surface area (Å²) < 4.78 is 6.03. The second-order valence-electron chi connectivity index (χ2n) is 17.4. The molecule has 5 rings (SSSR count). The normalized spacial score (nSPS) is 16.6. The molecule has 3 aromatic carbocycles. The van der Waals surface area contributed by atoms with Gasteiger partial charge in [0, 0.05) is 49.8 Å². The SMILES string of the molecule is Cc1nc(-c2ccc(C(C)(C)C)cc2)nc(C)c1C(=O)N[C@@H](CCN)C(=O)N(C)[C@@H]1C(=O)N[C@@H](C)C(=O)N[C@H](C(=O)NCC#N)Cc2ccc(OCCN)c(c2)-c2cc1cc(NCCN)c2O. The zero-order valence-corrected chi connectivity index (χ0v) is 39.1. The monoisotopic (exact) mass is 918 g/mol. The minimum Gasteiger partial charge on any atom is -0.505 e. The molecule has 4 atom stereocenters. The summed E-state index contributed by atoms with van der Waals surface area (Å²) in [5, 5.41) is 34.8. The van der Waals surface area contributed by atoms with Crippen molar-refractivity contribution in [1.82, 2.24) is 36.1 Å². The van der Waals surface area contributed by atoms with Crippen LogP contribution in [0.25, 0.3) is 22.5 Å². The predicted molar refractivity (Wildman–Crippen MR) is 254 cm³/mol. The average molecular weight is 919 g/mol. The van der Waals surface area contributed by atoms with Crippen molar-refractivity contribution < 1.29 is 33.8 Å². The molecular weight excluding hydrogens is 857 g/mol. The summed E-state index contributed by atoms with van der Waals surface area (Å²) in [6.45, 7) is 11.4. The molecule has 12 N–H and O–H groups in total. The summed E-state index contributed by atoms with van der Waals surface area (Å²) in [5.74, 6) is -3.07. The highest BCUT2D eigenvalue weighted by atomic mass is 16.5. The molecule has 67 heavy (non-hydrogen) atoms. The number of nitriles is 1. The van der Waals surface area contributed by atoms with Gasteiger partial charge in [-0.3, -0.25) is 24.0 Å². The van der Waals surface area contributed by atoms with Gasteiger partial charge < -0.3 is 58.5 Å². The number of likely N-dealkylation sites (N-methyl/N-ethyl adjacent to an activating group) is 1. The number of ether oxygens (including phenoxy) is 1. The molecule has 0 aliphatic carbocycles. The van der Waals surface area contributed by atoms with Crippen molar-refractivity contribution in [2.24, 2.45) is 17.2 Å². The van der Waals surface area contributed by atoms with Crippen LogP contribution in [-0.4, -0.2) is 114 Å². The van der Waals surface area contributed by atoms with E-state index in [2.05, 4.69) is 57.3 Å². The van der Waals surface area contributed by atoms with Crippen molar-refractivity contribution >= 4 is 35.2 Å². The Labute approximate surface area is 390 Å². The fourth-order valence-electron chi connectivity index (χ4n) is 7.79. The molecule has 0 saturated heterocycles. The number of amides is 5. The number of aromatic nitrogens is 2. The van der Waals surface area contributed by atoms with E-state index in [9.17, 15) is 29.1 Å². The molecule has 5 amide bonds. The van der Waals surface area contributed by atoms with Crippen LogP contribution in [-0.2, 0) is 31.0 Å². The van der Waals surface area contributed by atoms with Crippen LogP contribution in [0.15, 0.2) is 54.6 Å². The molecule has 0 radical (unpaired) electrons. The van der Waals surface area contributed by atoms with Gasteiger partial charge in [-0.2, -0.15) is 5.26 Å². The molecular formula is C48H62N12O7. The molecule has 4 aromatic rings. The van der Waals surface area contributed by atoms with E-state index in [1.54, 1.807) is 32.0 Å². The number of nitrogens with zero attached hydrogens (tertiary/aromatic N) is 4. The highest BCUT2D eigenvalue weighted by Gasteiger charge is 2.37. The summed E-state index contributed by atoms with van der Waals surface area (Å²) in [4.78, 5) is 81.2. The number of carbonyl (C=O) groups excluding carboxylic acids is 5. The van der Waals surface area contributed by atoms with Crippen LogP contribution < -0.4 is 48.5 Å². The van der Waals surface area contributed by atoms with Gasteiger partial charge in [-0.1, -0.05) is 51.1 Å². The van der Waals surface area contributed by atoms with Crippen LogP contribution in [0.5, 0.6) is 11.5 Å². The first kappa shape index (κ1) is 50.9. The number of hydrogen-bond acceptors (Lipinski definition) is 14. The van der Waals surface area contributed by atoms with Crippen LogP contribution >= 0.6 is 0 Å². The highest BCUT2D eigenvalue weighted by Crippen LogP contribution is 2.43. The number of rotatable bonds is 15. The summed E-state index contributed by atoms with van der Waals surface area (Å²) in [6, 6.07) is 12.5. The number of nitrogens with one attached hydrogen (secondary N) is 5. The molecule has 0 fully saturated rings. The maximum absolute atomic E-state index is 14.8. The molecule has 1 aliphatic heterocycles. The Morgan fingerprint density at radius 1 is 0.955 bits per heavy atom. The number of anilines is 1. The largest absolute Gasteiger partial charge is 0.505 e. The smallest absolute Gasteiger partial charge is 0.255 e. The number of hydrogen-bond donors (Lipinski definition) is 9. The van der Waals surface area contributed by atoms with Crippen LogP contribution in [0, 0.1) is 25.2 Å². The van der Waals surface area contributed by atoms with Crippen LogP contribution in [0.2, 0.25) is 0 Å². The third kappa shape index (κ3) is 12.2. The Balaban J connectivity index is 1.60.